The molecule has 0 bridgehead atoms. The minimum Gasteiger partial charge on any atom is -0.550 e. The summed E-state index contributed by atoms with van der Waals surface area (Å²) < 4.78 is 0. The van der Waals surface area contributed by atoms with Crippen molar-refractivity contribution < 1.29 is 50.5 Å². The Morgan fingerprint density at radius 1 is 0.737 bits per heavy atom. The number of carboxylic acid groups (broad SMARTS) is 2. The molecule has 0 aromatic carbocycles. The summed E-state index contributed by atoms with van der Waals surface area (Å²) in [6, 6.07) is 0. The molecule has 112 valence electrons. The van der Waals surface area contributed by atoms with E-state index in [9.17, 15) is 29.4 Å². The van der Waals surface area contributed by atoms with E-state index in [-0.39, 0.29) is 32.6 Å². The number of carboxylic acids is 2. The molecule has 0 aromatic heterocycles. The van der Waals surface area contributed by atoms with Gasteiger partial charge in [0.05, 0.1) is 0 Å². The zero-order chi connectivity index (χ0) is 14.6. The molecule has 0 amide bonds. The standard InChI is InChI=1S/2C6H10O3.Pt/c2*1-2-3-5(7)4-6(8)9;/h2*2-4H2,1H3,(H,8,9);/q;;+2/p-2. The Bertz CT molecular complexity index is 271. The van der Waals surface area contributed by atoms with Crippen LogP contribution in [0.5, 0.6) is 0 Å². The minimum absolute atomic E-state index is 0. The van der Waals surface area contributed by atoms with E-state index in [1.54, 1.807) is 0 Å². The molecule has 0 aromatic rings. The molecule has 19 heavy (non-hydrogen) atoms. The predicted octanol–water partition coefficient (Wildman–Crippen LogP) is -1.01. The molecule has 0 spiro atoms. The zero-order valence-electron chi connectivity index (χ0n) is 11.0. The quantitative estimate of drug-likeness (QED) is 0.435. The summed E-state index contributed by atoms with van der Waals surface area (Å²) in [4.78, 5) is 40.4. The van der Waals surface area contributed by atoms with Crippen LogP contribution >= 0.6 is 0 Å². The molecule has 0 saturated heterocycles. The number of carbonyl (C=O) groups is 4. The van der Waals surface area contributed by atoms with Crippen LogP contribution in [0.15, 0.2) is 0 Å². The number of hydrogen-bond donors (Lipinski definition) is 0. The van der Waals surface area contributed by atoms with E-state index in [4.69, 9.17) is 0 Å². The minimum atomic E-state index is -1.28. The van der Waals surface area contributed by atoms with E-state index < -0.39 is 24.8 Å². The van der Waals surface area contributed by atoms with Gasteiger partial charge < -0.3 is 19.8 Å². The van der Waals surface area contributed by atoms with Crippen molar-refractivity contribution in [2.24, 2.45) is 0 Å². The van der Waals surface area contributed by atoms with Gasteiger partial charge in [-0.2, -0.15) is 0 Å². The fraction of sp³-hybridized carbons (Fsp3) is 0.667. The zero-order valence-corrected chi connectivity index (χ0v) is 13.3. The Balaban J connectivity index is -0.000000256. The van der Waals surface area contributed by atoms with Gasteiger partial charge >= 0.3 is 21.1 Å². The van der Waals surface area contributed by atoms with Crippen LogP contribution in [0, 0.1) is 0 Å². The van der Waals surface area contributed by atoms with Gasteiger partial charge in [0, 0.05) is 37.6 Å². The van der Waals surface area contributed by atoms with Gasteiger partial charge in [0.25, 0.3) is 0 Å². The first kappa shape index (κ1) is 23.1. The molecule has 6 nitrogen and oxygen atoms in total. The van der Waals surface area contributed by atoms with Crippen LogP contribution < -0.4 is 10.2 Å². The topological polar surface area (TPSA) is 114 Å². The maximum atomic E-state index is 10.4. The van der Waals surface area contributed by atoms with Crippen LogP contribution in [0.2, 0.25) is 0 Å². The second kappa shape index (κ2) is 15.0. The number of hydrogen-bond acceptors (Lipinski definition) is 6. The van der Waals surface area contributed by atoms with Crippen LogP contribution in [0.3, 0.4) is 0 Å². The van der Waals surface area contributed by atoms with Gasteiger partial charge in [-0.05, 0) is 12.8 Å². The average molecular weight is 453 g/mol. The van der Waals surface area contributed by atoms with Crippen molar-refractivity contribution >= 4 is 23.5 Å². The maximum Gasteiger partial charge on any atom is 2.00 e. The van der Waals surface area contributed by atoms with Gasteiger partial charge in [-0.1, -0.05) is 13.8 Å². The van der Waals surface area contributed by atoms with Crippen LogP contribution in [-0.2, 0) is 40.2 Å². The van der Waals surface area contributed by atoms with E-state index in [1.165, 1.54) is 0 Å². The van der Waals surface area contributed by atoms with Gasteiger partial charge in [0.1, 0.15) is 11.6 Å². The average Bonchev–Trinajstić information content (AvgIpc) is 2.16. The molecular formula is C12H18O6Pt. The molecule has 0 aliphatic heterocycles. The molecule has 0 fully saturated rings. The molecule has 0 N–H and O–H groups in total. The summed E-state index contributed by atoms with van der Waals surface area (Å²) in [5.74, 6) is -3.07. The van der Waals surface area contributed by atoms with E-state index in [0.717, 1.165) is 0 Å². The summed E-state index contributed by atoms with van der Waals surface area (Å²) in [7, 11) is 0. The first-order valence-corrected chi connectivity index (χ1v) is 5.76. The normalized spacial score (nSPS) is 8.53. The van der Waals surface area contributed by atoms with Gasteiger partial charge in [-0.15, -0.1) is 0 Å². The van der Waals surface area contributed by atoms with Crippen LogP contribution in [-0.4, -0.2) is 23.5 Å². The van der Waals surface area contributed by atoms with Gasteiger partial charge in [0.2, 0.25) is 0 Å². The number of rotatable bonds is 8. The van der Waals surface area contributed by atoms with Crippen molar-refractivity contribution in [1.82, 2.24) is 0 Å². The van der Waals surface area contributed by atoms with E-state index in [1.807, 2.05) is 13.8 Å². The SMILES string of the molecule is CCCC(=O)CC(=O)[O-].CCCC(=O)CC(=O)[O-].[Pt+2]. The summed E-state index contributed by atoms with van der Waals surface area (Å²) in [5, 5.41) is 19.5. The number of aliphatic carboxylic acids is 2. The Hall–Kier alpha value is -1.03. The number of ketones is 2. The number of carbonyl (C=O) groups excluding carboxylic acids is 4. The van der Waals surface area contributed by atoms with Crippen LogP contribution in [0.25, 0.3) is 0 Å². The summed E-state index contributed by atoms with van der Waals surface area (Å²) in [5.41, 5.74) is 0. The molecule has 0 heterocycles. The van der Waals surface area contributed by atoms with Crippen molar-refractivity contribution in [2.75, 3.05) is 0 Å². The molecule has 0 aliphatic rings. The molecule has 0 atom stereocenters. The second-order valence-corrected chi connectivity index (χ2v) is 3.67. The van der Waals surface area contributed by atoms with Crippen LogP contribution in [0.1, 0.15) is 52.4 Å². The maximum absolute atomic E-state index is 10.4. The Morgan fingerprint density at radius 3 is 1.16 bits per heavy atom. The van der Waals surface area contributed by atoms with Crippen molar-refractivity contribution in [3.63, 3.8) is 0 Å². The summed E-state index contributed by atoms with van der Waals surface area (Å²) >= 11 is 0. The van der Waals surface area contributed by atoms with Crippen molar-refractivity contribution in [3.05, 3.63) is 0 Å². The third-order valence-electron chi connectivity index (χ3n) is 1.74. The van der Waals surface area contributed by atoms with Crippen LogP contribution in [0.4, 0.5) is 0 Å². The summed E-state index contributed by atoms with van der Waals surface area (Å²) in [6.07, 6.45) is 1.21. The molecule has 0 rings (SSSR count). The van der Waals surface area contributed by atoms with E-state index >= 15 is 0 Å². The molecule has 7 heteroatoms. The third kappa shape index (κ3) is 22.6. The molecule has 0 unspecified atom stereocenters. The molecule has 0 saturated carbocycles. The first-order valence-electron chi connectivity index (χ1n) is 5.76. The third-order valence-corrected chi connectivity index (χ3v) is 1.74. The Morgan fingerprint density at radius 2 is 1.00 bits per heavy atom. The summed E-state index contributed by atoms with van der Waals surface area (Å²) in [6.45, 7) is 3.65. The molecule has 0 radical (unpaired) electrons. The van der Waals surface area contributed by atoms with Crippen molar-refractivity contribution in [2.45, 2.75) is 52.4 Å². The predicted molar refractivity (Wildman–Crippen MR) is 59.1 cm³/mol. The fourth-order valence-electron chi connectivity index (χ4n) is 1.06. The molecule has 0 aliphatic carbocycles. The Labute approximate surface area is 126 Å². The fourth-order valence-corrected chi connectivity index (χ4v) is 1.06. The second-order valence-electron chi connectivity index (χ2n) is 3.67. The van der Waals surface area contributed by atoms with E-state index in [2.05, 4.69) is 0 Å². The Kier molecular flexibility index (Phi) is 18.3. The largest absolute Gasteiger partial charge is 2.00 e. The van der Waals surface area contributed by atoms with Crippen molar-refractivity contribution in [3.8, 4) is 0 Å². The first-order chi connectivity index (χ1) is 8.33. The van der Waals surface area contributed by atoms with E-state index in [0.29, 0.717) is 25.7 Å². The number of Topliss-reactive ketones (excluding diaryl/α,β-unsaturated/α-hetero) is 2. The van der Waals surface area contributed by atoms with Gasteiger partial charge in [-0.25, -0.2) is 0 Å². The monoisotopic (exact) mass is 453 g/mol. The van der Waals surface area contributed by atoms with Gasteiger partial charge in [0.15, 0.2) is 0 Å². The smallest absolute Gasteiger partial charge is 0.550 e. The van der Waals surface area contributed by atoms with Crippen molar-refractivity contribution in [1.29, 1.82) is 0 Å². The molecular weight excluding hydrogens is 435 g/mol. The van der Waals surface area contributed by atoms with Gasteiger partial charge in [-0.3, -0.25) is 9.59 Å².